The fraction of sp³-hybridized carbons (Fsp3) is 0.176. The molecule has 0 unspecified atom stereocenters. The van der Waals surface area contributed by atoms with Crippen molar-refractivity contribution >= 4 is 40.6 Å². The van der Waals surface area contributed by atoms with Crippen molar-refractivity contribution in [1.82, 2.24) is 14.9 Å². The number of nitrogens with two attached hydrogens (primary N) is 3. The second-order valence-electron chi connectivity index (χ2n) is 10.7. The smallest absolute Gasteiger partial charge is 0.370 e. The zero-order valence-electron chi connectivity index (χ0n) is 25.1. The van der Waals surface area contributed by atoms with Crippen LogP contribution in [0.2, 0.25) is 0 Å². The first-order valence-electron chi connectivity index (χ1n) is 14.6. The summed E-state index contributed by atoms with van der Waals surface area (Å²) in [6.45, 7) is 0.194. The number of benzene rings is 4. The fourth-order valence-corrected chi connectivity index (χ4v) is 6.01. The van der Waals surface area contributed by atoms with Gasteiger partial charge in [-0.25, -0.2) is 4.98 Å². The van der Waals surface area contributed by atoms with E-state index >= 15 is 0 Å². The van der Waals surface area contributed by atoms with Gasteiger partial charge in [0.25, 0.3) is 5.91 Å². The number of aliphatic imine (C=N–C) groups is 1. The third-order valence-electron chi connectivity index (χ3n) is 7.30. The number of carbonyl (C=O) groups excluding carboxylic acids is 2. The van der Waals surface area contributed by atoms with Crippen molar-refractivity contribution in [2.45, 2.75) is 41.4 Å². The number of guanidine groups is 1. The summed E-state index contributed by atoms with van der Waals surface area (Å²) in [7, 11) is 0. The molecule has 2 amide bonds. The topological polar surface area (TPSA) is 154 Å². The van der Waals surface area contributed by atoms with Crippen LogP contribution in [0.4, 0.5) is 13.2 Å². The van der Waals surface area contributed by atoms with E-state index in [1.54, 1.807) is 34.5 Å². The first-order valence-corrected chi connectivity index (χ1v) is 15.5. The van der Waals surface area contributed by atoms with Gasteiger partial charge in [-0.05, 0) is 73.0 Å². The summed E-state index contributed by atoms with van der Waals surface area (Å²) in [6, 6.07) is 26.4. The fourth-order valence-electron chi connectivity index (χ4n) is 5.12. The molecule has 242 valence electrons. The molecule has 0 saturated heterocycles. The maximum atomic E-state index is 13.1. The van der Waals surface area contributed by atoms with Crippen LogP contribution in [-0.2, 0) is 17.5 Å². The highest BCUT2D eigenvalue weighted by atomic mass is 32.2. The van der Waals surface area contributed by atoms with E-state index in [0.29, 0.717) is 41.8 Å². The number of alkyl halides is 3. The third kappa shape index (κ3) is 8.30. The van der Waals surface area contributed by atoms with E-state index in [-0.39, 0.29) is 18.1 Å². The van der Waals surface area contributed by atoms with Gasteiger partial charge in [0.05, 0.1) is 16.6 Å². The number of fused-ring (bicyclic) bond motifs is 1. The molecular formula is C34H32F3N7O2S. The number of carbonyl (C=O) groups is 2. The highest BCUT2D eigenvalue weighted by molar-refractivity contribution is 7.99. The summed E-state index contributed by atoms with van der Waals surface area (Å²) in [5, 5.41) is 2.68. The van der Waals surface area contributed by atoms with E-state index in [4.69, 9.17) is 22.2 Å². The Morgan fingerprint density at radius 1 is 0.894 bits per heavy atom. The van der Waals surface area contributed by atoms with Crippen molar-refractivity contribution in [3.05, 3.63) is 114 Å². The lowest BCUT2D eigenvalue weighted by Crippen LogP contribution is -2.27. The van der Waals surface area contributed by atoms with Gasteiger partial charge < -0.3 is 27.1 Å². The van der Waals surface area contributed by atoms with Crippen LogP contribution in [0.25, 0.3) is 22.4 Å². The first kappa shape index (κ1) is 33.1. The van der Waals surface area contributed by atoms with Crippen molar-refractivity contribution in [2.24, 2.45) is 22.2 Å². The van der Waals surface area contributed by atoms with Crippen LogP contribution >= 0.6 is 11.8 Å². The molecule has 0 bridgehead atoms. The third-order valence-corrected chi connectivity index (χ3v) is 8.30. The standard InChI is InChI=1S/C34H32F3N7O2S/c35-34(36,37)24-9-4-7-21(17-24)20-42-32(46)23-14-15-28-27(19-23)43-31(44(28)29(30(38)45)13-6-16-41-33(39)40)22-8-5-12-26(18-22)47-25-10-2-1-3-11-25/h1-5,7-12,14-15,17-19,29H,6,13,16,20H2,(H2,38,45)(H,42,46)(H4,39,40,41)/t29-/m0/s1. The summed E-state index contributed by atoms with van der Waals surface area (Å²) in [5.74, 6) is -0.651. The van der Waals surface area contributed by atoms with Crippen molar-refractivity contribution < 1.29 is 22.8 Å². The molecule has 0 saturated carbocycles. The maximum absolute atomic E-state index is 13.1. The number of imidazole rings is 1. The van der Waals surface area contributed by atoms with Crippen LogP contribution in [0.5, 0.6) is 0 Å². The molecule has 7 N–H and O–H groups in total. The normalized spacial score (nSPS) is 12.1. The molecule has 0 aliphatic carbocycles. The van der Waals surface area contributed by atoms with Gasteiger partial charge in [-0.2, -0.15) is 13.2 Å². The zero-order valence-corrected chi connectivity index (χ0v) is 25.9. The van der Waals surface area contributed by atoms with Crippen LogP contribution in [0, 0.1) is 0 Å². The minimum absolute atomic E-state index is 0.0546. The quantitative estimate of drug-likeness (QED) is 0.0745. The number of rotatable bonds is 12. The summed E-state index contributed by atoms with van der Waals surface area (Å²) in [6.07, 6.45) is -3.71. The zero-order chi connectivity index (χ0) is 33.6. The SMILES string of the molecule is NC(=O)[C@H](CCCN=C(N)N)n1c(-c2cccc(Sc3ccccc3)c2)nc2cc(C(=O)NCc3cccc(C(F)(F)F)c3)ccc21. The second-order valence-corrected chi connectivity index (χ2v) is 11.8. The predicted molar refractivity (Wildman–Crippen MR) is 176 cm³/mol. The number of primary amides is 1. The van der Waals surface area contributed by atoms with Crippen molar-refractivity contribution in [3.8, 4) is 11.4 Å². The Balaban J connectivity index is 1.49. The number of halogens is 3. The van der Waals surface area contributed by atoms with E-state index in [1.807, 2.05) is 54.6 Å². The molecular weight excluding hydrogens is 627 g/mol. The van der Waals surface area contributed by atoms with Crippen LogP contribution < -0.4 is 22.5 Å². The van der Waals surface area contributed by atoms with Crippen LogP contribution in [0.1, 0.15) is 40.4 Å². The summed E-state index contributed by atoms with van der Waals surface area (Å²) in [4.78, 5) is 36.9. The Bertz CT molecular complexity index is 1920. The van der Waals surface area contributed by atoms with E-state index in [9.17, 15) is 22.8 Å². The molecule has 1 aromatic heterocycles. The largest absolute Gasteiger partial charge is 0.416 e. The van der Waals surface area contributed by atoms with Gasteiger partial charge in [0, 0.05) is 34.0 Å². The number of amides is 2. The lowest BCUT2D eigenvalue weighted by atomic mass is 10.1. The second kappa shape index (κ2) is 14.4. The highest BCUT2D eigenvalue weighted by Crippen LogP contribution is 2.35. The van der Waals surface area contributed by atoms with Crippen LogP contribution in [0.15, 0.2) is 112 Å². The van der Waals surface area contributed by atoms with E-state index < -0.39 is 29.6 Å². The van der Waals surface area contributed by atoms with Crippen molar-refractivity contribution in [2.75, 3.05) is 6.54 Å². The molecule has 5 rings (SSSR count). The van der Waals surface area contributed by atoms with E-state index in [0.717, 1.165) is 27.5 Å². The molecule has 0 radical (unpaired) electrons. The van der Waals surface area contributed by atoms with Gasteiger partial charge in [0.1, 0.15) is 11.9 Å². The summed E-state index contributed by atoms with van der Waals surface area (Å²) >= 11 is 1.57. The lowest BCUT2D eigenvalue weighted by molar-refractivity contribution is -0.137. The average Bonchev–Trinajstić information content (AvgIpc) is 3.42. The van der Waals surface area contributed by atoms with Gasteiger partial charge >= 0.3 is 6.18 Å². The summed E-state index contributed by atoms with van der Waals surface area (Å²) < 4.78 is 41.2. The molecule has 13 heteroatoms. The minimum atomic E-state index is -4.49. The number of hydrogen-bond donors (Lipinski definition) is 4. The van der Waals surface area contributed by atoms with Gasteiger partial charge in [-0.15, -0.1) is 0 Å². The van der Waals surface area contributed by atoms with Gasteiger partial charge in [-0.1, -0.05) is 54.2 Å². The van der Waals surface area contributed by atoms with E-state index in [1.165, 1.54) is 12.1 Å². The highest BCUT2D eigenvalue weighted by Gasteiger charge is 2.30. The molecule has 0 aliphatic rings. The Hall–Kier alpha value is -5.30. The molecule has 9 nitrogen and oxygen atoms in total. The van der Waals surface area contributed by atoms with Crippen molar-refractivity contribution in [1.29, 1.82) is 0 Å². The van der Waals surface area contributed by atoms with E-state index in [2.05, 4.69) is 10.3 Å². The van der Waals surface area contributed by atoms with Crippen molar-refractivity contribution in [3.63, 3.8) is 0 Å². The molecule has 0 spiro atoms. The maximum Gasteiger partial charge on any atom is 0.416 e. The predicted octanol–water partition coefficient (Wildman–Crippen LogP) is 5.88. The molecule has 0 fully saturated rings. The van der Waals surface area contributed by atoms with Gasteiger partial charge in [0.15, 0.2) is 5.96 Å². The van der Waals surface area contributed by atoms with Crippen LogP contribution in [-0.4, -0.2) is 33.9 Å². The molecule has 1 heterocycles. The number of aromatic nitrogens is 2. The minimum Gasteiger partial charge on any atom is -0.370 e. The molecule has 0 aliphatic heterocycles. The average molecular weight is 660 g/mol. The molecule has 1 atom stereocenters. The Kier molecular flexibility index (Phi) is 10.1. The molecule has 47 heavy (non-hydrogen) atoms. The summed E-state index contributed by atoms with van der Waals surface area (Å²) in [5.41, 5.74) is 18.4. The Morgan fingerprint density at radius 3 is 2.36 bits per heavy atom. The molecule has 5 aromatic rings. The Morgan fingerprint density at radius 2 is 1.64 bits per heavy atom. The van der Waals surface area contributed by atoms with Crippen LogP contribution in [0.3, 0.4) is 0 Å². The first-order chi connectivity index (χ1) is 22.5. The lowest BCUT2D eigenvalue weighted by Gasteiger charge is -2.19. The monoisotopic (exact) mass is 659 g/mol. The Labute approximate surface area is 273 Å². The van der Waals surface area contributed by atoms with Gasteiger partial charge in [0.2, 0.25) is 5.91 Å². The number of nitrogens with one attached hydrogen (secondary N) is 1. The van der Waals surface area contributed by atoms with Gasteiger partial charge in [-0.3, -0.25) is 14.6 Å². The number of nitrogens with zero attached hydrogens (tertiary/aromatic N) is 3. The number of hydrogen-bond acceptors (Lipinski definition) is 5. The molecule has 4 aromatic carbocycles.